The Labute approximate surface area is 254 Å². The minimum Gasteiger partial charge on any atom is -0.497 e. The summed E-state index contributed by atoms with van der Waals surface area (Å²) in [5.74, 6) is -0.0963. The largest absolute Gasteiger partial charge is 0.497 e. The van der Waals surface area contributed by atoms with Gasteiger partial charge < -0.3 is 19.7 Å². The van der Waals surface area contributed by atoms with Crippen LogP contribution in [0.25, 0.3) is 0 Å². The average molecular weight is 608 g/mol. The SMILES string of the molecule is COc1ccc(OC)c(N(CC(=O)N(CCc2ccccc2)[C@@H](C)C(=O)NC2CCCCC2)S(=O)(=O)c2ccccc2)c1. The van der Waals surface area contributed by atoms with Gasteiger partial charge in [0.2, 0.25) is 11.8 Å². The number of rotatable bonds is 13. The van der Waals surface area contributed by atoms with Crippen molar-refractivity contribution >= 4 is 27.5 Å². The third-order valence-corrected chi connectivity index (χ3v) is 9.64. The first-order valence-electron chi connectivity index (χ1n) is 14.7. The van der Waals surface area contributed by atoms with Gasteiger partial charge in [-0.25, -0.2) is 8.42 Å². The number of hydrogen-bond donors (Lipinski definition) is 1. The maximum atomic E-state index is 14.2. The first kappa shape index (κ1) is 31.9. The zero-order chi connectivity index (χ0) is 30.8. The number of ether oxygens (including phenoxy) is 2. The van der Waals surface area contributed by atoms with Gasteiger partial charge in [0.05, 0.1) is 24.8 Å². The zero-order valence-corrected chi connectivity index (χ0v) is 25.9. The number of anilines is 1. The van der Waals surface area contributed by atoms with E-state index < -0.39 is 28.5 Å². The predicted octanol–water partition coefficient (Wildman–Crippen LogP) is 4.81. The number of carbonyl (C=O) groups is 2. The molecular formula is C33H41N3O6S. The number of carbonyl (C=O) groups excluding carboxylic acids is 2. The number of amides is 2. The molecule has 1 aliphatic carbocycles. The van der Waals surface area contributed by atoms with Gasteiger partial charge in [-0.3, -0.25) is 13.9 Å². The average Bonchev–Trinajstić information content (AvgIpc) is 3.04. The Kier molecular flexibility index (Phi) is 11.1. The molecule has 1 aliphatic rings. The lowest BCUT2D eigenvalue weighted by molar-refractivity contribution is -0.139. The molecule has 3 aromatic carbocycles. The summed E-state index contributed by atoms with van der Waals surface area (Å²) in [6.45, 7) is 1.39. The van der Waals surface area contributed by atoms with Crippen molar-refractivity contribution in [2.24, 2.45) is 0 Å². The second kappa shape index (κ2) is 14.9. The topological polar surface area (TPSA) is 105 Å². The lowest BCUT2D eigenvalue weighted by Crippen LogP contribution is -2.53. The van der Waals surface area contributed by atoms with E-state index in [1.807, 2.05) is 30.3 Å². The van der Waals surface area contributed by atoms with Crippen molar-refractivity contribution < 1.29 is 27.5 Å². The zero-order valence-electron chi connectivity index (χ0n) is 25.1. The third-order valence-electron chi connectivity index (χ3n) is 7.87. The minimum absolute atomic E-state index is 0.0200. The van der Waals surface area contributed by atoms with Crippen molar-refractivity contribution in [1.82, 2.24) is 10.2 Å². The molecule has 1 fully saturated rings. The van der Waals surface area contributed by atoms with Gasteiger partial charge in [0.1, 0.15) is 24.1 Å². The molecule has 0 aromatic heterocycles. The van der Waals surface area contributed by atoms with Gasteiger partial charge in [-0.05, 0) is 56.0 Å². The van der Waals surface area contributed by atoms with E-state index in [2.05, 4.69) is 5.32 Å². The minimum atomic E-state index is -4.23. The van der Waals surface area contributed by atoms with Crippen LogP contribution in [-0.2, 0) is 26.0 Å². The first-order chi connectivity index (χ1) is 20.7. The van der Waals surface area contributed by atoms with Crippen LogP contribution in [0.15, 0.2) is 83.8 Å². The number of benzene rings is 3. The van der Waals surface area contributed by atoms with E-state index in [-0.39, 0.29) is 34.8 Å². The fourth-order valence-electron chi connectivity index (χ4n) is 5.36. The van der Waals surface area contributed by atoms with Gasteiger partial charge in [-0.1, -0.05) is 67.8 Å². The summed E-state index contributed by atoms with van der Waals surface area (Å²) in [5, 5.41) is 3.13. The lowest BCUT2D eigenvalue weighted by Gasteiger charge is -2.33. The Bertz CT molecular complexity index is 1460. The highest BCUT2D eigenvalue weighted by molar-refractivity contribution is 7.92. The summed E-state index contributed by atoms with van der Waals surface area (Å²) in [4.78, 5) is 29.1. The molecule has 4 rings (SSSR count). The van der Waals surface area contributed by atoms with Crippen molar-refractivity contribution in [3.63, 3.8) is 0 Å². The second-order valence-electron chi connectivity index (χ2n) is 10.7. The van der Waals surface area contributed by atoms with E-state index in [1.54, 1.807) is 37.3 Å². The molecule has 3 aromatic rings. The molecule has 0 spiro atoms. The Morgan fingerprint density at radius 1 is 0.907 bits per heavy atom. The van der Waals surface area contributed by atoms with Gasteiger partial charge in [0.15, 0.2) is 0 Å². The molecule has 0 heterocycles. The molecule has 0 radical (unpaired) electrons. The summed E-state index contributed by atoms with van der Waals surface area (Å²) in [7, 11) is -1.31. The van der Waals surface area contributed by atoms with Crippen molar-refractivity contribution in [3.8, 4) is 11.5 Å². The molecule has 1 atom stereocenters. The van der Waals surface area contributed by atoms with Gasteiger partial charge in [0, 0.05) is 18.7 Å². The van der Waals surface area contributed by atoms with Crippen molar-refractivity contribution in [2.75, 3.05) is 31.6 Å². The number of hydrogen-bond acceptors (Lipinski definition) is 6. The molecule has 43 heavy (non-hydrogen) atoms. The number of methoxy groups -OCH3 is 2. The van der Waals surface area contributed by atoms with Crippen LogP contribution in [0.4, 0.5) is 5.69 Å². The maximum absolute atomic E-state index is 14.2. The molecule has 2 amide bonds. The predicted molar refractivity (Wildman–Crippen MR) is 167 cm³/mol. The highest BCUT2D eigenvalue weighted by atomic mass is 32.2. The van der Waals surface area contributed by atoms with Crippen LogP contribution in [0.1, 0.15) is 44.6 Å². The highest BCUT2D eigenvalue weighted by Gasteiger charge is 2.34. The number of sulfonamides is 1. The van der Waals surface area contributed by atoms with Gasteiger partial charge in [-0.2, -0.15) is 0 Å². The Balaban J connectivity index is 1.69. The van der Waals surface area contributed by atoms with E-state index in [4.69, 9.17) is 9.47 Å². The van der Waals surface area contributed by atoms with E-state index >= 15 is 0 Å². The summed E-state index contributed by atoms with van der Waals surface area (Å²) in [6.07, 6.45) is 5.60. The van der Waals surface area contributed by atoms with Crippen LogP contribution < -0.4 is 19.1 Å². The number of nitrogens with zero attached hydrogens (tertiary/aromatic N) is 2. The van der Waals surface area contributed by atoms with E-state index in [0.717, 1.165) is 42.0 Å². The fraction of sp³-hybridized carbons (Fsp3) is 0.394. The van der Waals surface area contributed by atoms with E-state index in [9.17, 15) is 18.0 Å². The van der Waals surface area contributed by atoms with Crippen LogP contribution in [0.2, 0.25) is 0 Å². The lowest BCUT2D eigenvalue weighted by atomic mass is 9.95. The molecule has 10 heteroatoms. The fourth-order valence-corrected chi connectivity index (χ4v) is 6.80. The molecule has 230 valence electrons. The molecule has 1 N–H and O–H groups in total. The highest BCUT2D eigenvalue weighted by Crippen LogP contribution is 2.36. The monoisotopic (exact) mass is 607 g/mol. The van der Waals surface area contributed by atoms with Gasteiger partial charge >= 0.3 is 0 Å². The normalized spacial score (nSPS) is 14.4. The van der Waals surface area contributed by atoms with Crippen LogP contribution >= 0.6 is 0 Å². The molecule has 0 aliphatic heterocycles. The Morgan fingerprint density at radius 3 is 2.19 bits per heavy atom. The van der Waals surface area contributed by atoms with Crippen LogP contribution in [0.5, 0.6) is 11.5 Å². The van der Waals surface area contributed by atoms with Gasteiger partial charge in [-0.15, -0.1) is 0 Å². The van der Waals surface area contributed by atoms with E-state index in [0.29, 0.717) is 12.2 Å². The van der Waals surface area contributed by atoms with Gasteiger partial charge in [0.25, 0.3) is 10.0 Å². The van der Waals surface area contributed by atoms with Crippen molar-refractivity contribution in [1.29, 1.82) is 0 Å². The first-order valence-corrected chi connectivity index (χ1v) is 16.1. The Morgan fingerprint density at radius 2 is 1.56 bits per heavy atom. The summed E-state index contributed by atoms with van der Waals surface area (Å²) >= 11 is 0. The van der Waals surface area contributed by atoms with Crippen LogP contribution in [-0.4, -0.2) is 64.5 Å². The van der Waals surface area contributed by atoms with Crippen molar-refractivity contribution in [3.05, 3.63) is 84.4 Å². The van der Waals surface area contributed by atoms with Crippen LogP contribution in [0.3, 0.4) is 0 Å². The molecule has 0 saturated heterocycles. The molecule has 0 unspecified atom stereocenters. The summed E-state index contributed by atoms with van der Waals surface area (Å²) < 4.78 is 40.1. The molecule has 1 saturated carbocycles. The third kappa shape index (κ3) is 8.07. The summed E-state index contributed by atoms with van der Waals surface area (Å²) in [5.41, 5.74) is 1.16. The maximum Gasteiger partial charge on any atom is 0.264 e. The van der Waals surface area contributed by atoms with Crippen molar-refractivity contribution in [2.45, 2.75) is 62.4 Å². The quantitative estimate of drug-likeness (QED) is 0.299. The molecular weight excluding hydrogens is 566 g/mol. The standard InChI is InChI=1S/C33H41N3O6S/c1-25(33(38)34-27-15-9-5-10-16-27)35(22-21-26-13-7-4-8-14-26)32(37)24-36(43(39,40)29-17-11-6-12-18-29)30-23-28(41-2)19-20-31(30)42-3/h4,6-8,11-14,17-20,23,25,27H,5,9-10,15-16,21-22,24H2,1-3H3,(H,34,38)/t25-/m0/s1. The molecule has 0 bridgehead atoms. The second-order valence-corrected chi connectivity index (χ2v) is 12.6. The van der Waals surface area contributed by atoms with Crippen LogP contribution in [0, 0.1) is 0 Å². The Hall–Kier alpha value is -4.05. The smallest absolute Gasteiger partial charge is 0.264 e. The van der Waals surface area contributed by atoms with E-state index in [1.165, 1.54) is 37.3 Å². The molecule has 9 nitrogen and oxygen atoms in total. The summed E-state index contributed by atoms with van der Waals surface area (Å²) in [6, 6.07) is 21.6. The number of nitrogens with one attached hydrogen (secondary N) is 1.